The summed E-state index contributed by atoms with van der Waals surface area (Å²) in [7, 11) is 1.53. The summed E-state index contributed by atoms with van der Waals surface area (Å²) >= 11 is 9.78. The zero-order valence-electron chi connectivity index (χ0n) is 20.0. The first-order valence-electron chi connectivity index (χ1n) is 11.4. The number of nitrogens with zero attached hydrogens (tertiary/aromatic N) is 1. The highest BCUT2D eigenvalue weighted by Crippen LogP contribution is 2.29. The van der Waals surface area contributed by atoms with Crippen molar-refractivity contribution >= 4 is 39.7 Å². The summed E-state index contributed by atoms with van der Waals surface area (Å²) in [6, 6.07) is 27.9. The predicted molar refractivity (Wildman–Crippen MR) is 149 cm³/mol. The van der Waals surface area contributed by atoms with E-state index in [2.05, 4.69) is 26.5 Å². The Morgan fingerprint density at radius 2 is 1.54 bits per heavy atom. The van der Waals surface area contributed by atoms with Gasteiger partial charge in [0.2, 0.25) is 0 Å². The number of amides is 1. The van der Waals surface area contributed by atoms with Gasteiger partial charge in [0.1, 0.15) is 19.0 Å². The van der Waals surface area contributed by atoms with E-state index in [4.69, 9.17) is 25.8 Å². The lowest BCUT2D eigenvalue weighted by Gasteiger charge is -2.12. The standard InChI is InChI=1S/C29H24BrClN2O4/c1-35-28-16-23(10-14-27(28)37-18-20-5-3-2-4-6-20)29(34)33-32-17-22-9-13-26(25(31)15-22)36-19-21-7-11-24(30)12-8-21/h2-17H,18-19H2,1H3,(H,33,34)/b32-17+. The van der Waals surface area contributed by atoms with E-state index in [0.29, 0.717) is 46.6 Å². The first-order valence-corrected chi connectivity index (χ1v) is 12.5. The average molecular weight is 580 g/mol. The van der Waals surface area contributed by atoms with Crippen molar-refractivity contribution in [1.82, 2.24) is 5.43 Å². The van der Waals surface area contributed by atoms with Gasteiger partial charge in [0.05, 0.1) is 18.3 Å². The molecule has 188 valence electrons. The van der Waals surface area contributed by atoms with Crippen molar-refractivity contribution in [3.63, 3.8) is 0 Å². The maximum absolute atomic E-state index is 12.6. The molecule has 6 nitrogen and oxygen atoms in total. The molecule has 1 amide bonds. The Morgan fingerprint density at radius 1 is 0.865 bits per heavy atom. The van der Waals surface area contributed by atoms with E-state index < -0.39 is 0 Å². The SMILES string of the molecule is COc1cc(C(=O)N/N=C/c2ccc(OCc3ccc(Br)cc3)c(Cl)c2)ccc1OCc1ccccc1. The van der Waals surface area contributed by atoms with Crippen LogP contribution in [0, 0.1) is 0 Å². The number of hydrogen-bond donors (Lipinski definition) is 1. The molecule has 4 rings (SSSR count). The Kier molecular flexibility index (Phi) is 9.18. The molecule has 0 aliphatic heterocycles. The third kappa shape index (κ3) is 7.59. The number of methoxy groups -OCH3 is 1. The highest BCUT2D eigenvalue weighted by Gasteiger charge is 2.11. The lowest BCUT2D eigenvalue weighted by atomic mass is 10.2. The Labute approximate surface area is 229 Å². The van der Waals surface area contributed by atoms with Crippen LogP contribution in [-0.2, 0) is 13.2 Å². The maximum atomic E-state index is 12.6. The van der Waals surface area contributed by atoms with Crippen LogP contribution in [0.5, 0.6) is 17.2 Å². The van der Waals surface area contributed by atoms with Gasteiger partial charge in [0, 0.05) is 10.0 Å². The van der Waals surface area contributed by atoms with Crippen LogP contribution in [0.15, 0.2) is 101 Å². The molecule has 0 unspecified atom stereocenters. The molecular formula is C29H24BrClN2O4. The molecule has 0 bridgehead atoms. The van der Waals surface area contributed by atoms with E-state index >= 15 is 0 Å². The van der Waals surface area contributed by atoms with Crippen molar-refractivity contribution < 1.29 is 19.0 Å². The van der Waals surface area contributed by atoms with Crippen LogP contribution in [0.25, 0.3) is 0 Å². The van der Waals surface area contributed by atoms with Gasteiger partial charge in [0.25, 0.3) is 5.91 Å². The molecule has 4 aromatic rings. The van der Waals surface area contributed by atoms with Gasteiger partial charge < -0.3 is 14.2 Å². The van der Waals surface area contributed by atoms with E-state index in [1.807, 2.05) is 54.6 Å². The molecule has 0 atom stereocenters. The zero-order chi connectivity index (χ0) is 26.0. The zero-order valence-corrected chi connectivity index (χ0v) is 22.3. The fourth-order valence-electron chi connectivity index (χ4n) is 3.35. The first kappa shape index (κ1) is 26.3. The van der Waals surface area contributed by atoms with Crippen molar-refractivity contribution in [1.29, 1.82) is 0 Å². The van der Waals surface area contributed by atoms with E-state index in [0.717, 1.165) is 15.6 Å². The number of rotatable bonds is 10. The monoisotopic (exact) mass is 578 g/mol. The second-order valence-electron chi connectivity index (χ2n) is 7.94. The summed E-state index contributed by atoms with van der Waals surface area (Å²) in [4.78, 5) is 12.6. The van der Waals surface area contributed by atoms with E-state index in [1.54, 1.807) is 36.4 Å². The summed E-state index contributed by atoms with van der Waals surface area (Å²) in [5.41, 5.74) is 5.67. The van der Waals surface area contributed by atoms with Gasteiger partial charge in [-0.3, -0.25) is 4.79 Å². The molecule has 0 aliphatic carbocycles. The minimum Gasteiger partial charge on any atom is -0.493 e. The third-order valence-corrected chi connectivity index (χ3v) is 6.13. The predicted octanol–water partition coefficient (Wildman–Crippen LogP) is 7.03. The Hall–Kier alpha value is -3.81. The maximum Gasteiger partial charge on any atom is 0.271 e. The summed E-state index contributed by atoms with van der Waals surface area (Å²) < 4.78 is 18.1. The number of halogens is 2. The first-order chi connectivity index (χ1) is 18.0. The Morgan fingerprint density at radius 3 is 2.24 bits per heavy atom. The second-order valence-corrected chi connectivity index (χ2v) is 9.27. The smallest absolute Gasteiger partial charge is 0.271 e. The number of nitrogens with one attached hydrogen (secondary N) is 1. The molecule has 0 saturated heterocycles. The summed E-state index contributed by atoms with van der Waals surface area (Å²) in [5, 5.41) is 4.49. The number of hydrazone groups is 1. The third-order valence-electron chi connectivity index (χ3n) is 5.31. The number of hydrogen-bond acceptors (Lipinski definition) is 5. The van der Waals surface area contributed by atoms with Crippen molar-refractivity contribution in [2.75, 3.05) is 7.11 Å². The average Bonchev–Trinajstić information content (AvgIpc) is 2.92. The van der Waals surface area contributed by atoms with E-state index in [9.17, 15) is 4.79 Å². The summed E-state index contributed by atoms with van der Waals surface area (Å²) in [6.07, 6.45) is 1.51. The van der Waals surface area contributed by atoms with Crippen molar-refractivity contribution in [2.24, 2.45) is 5.10 Å². The lowest BCUT2D eigenvalue weighted by molar-refractivity contribution is 0.0954. The highest BCUT2D eigenvalue weighted by molar-refractivity contribution is 9.10. The molecular weight excluding hydrogens is 556 g/mol. The molecule has 0 saturated carbocycles. The Balaban J connectivity index is 1.32. The molecule has 4 aromatic carbocycles. The van der Waals surface area contributed by atoms with Gasteiger partial charge in [-0.25, -0.2) is 5.43 Å². The second kappa shape index (κ2) is 12.9. The minimum absolute atomic E-state index is 0.385. The van der Waals surface area contributed by atoms with Gasteiger partial charge in [0.15, 0.2) is 11.5 Å². The minimum atomic E-state index is -0.385. The van der Waals surface area contributed by atoms with Crippen LogP contribution in [0.2, 0.25) is 5.02 Å². The fourth-order valence-corrected chi connectivity index (χ4v) is 3.86. The van der Waals surface area contributed by atoms with Gasteiger partial charge in [-0.05, 0) is 65.2 Å². The van der Waals surface area contributed by atoms with Crippen LogP contribution < -0.4 is 19.6 Å². The normalized spacial score (nSPS) is 10.8. The van der Waals surface area contributed by atoms with Crippen molar-refractivity contribution in [3.05, 3.63) is 123 Å². The number of ether oxygens (including phenoxy) is 3. The van der Waals surface area contributed by atoms with E-state index in [-0.39, 0.29) is 5.91 Å². The molecule has 0 radical (unpaired) electrons. The molecule has 1 N–H and O–H groups in total. The number of benzene rings is 4. The van der Waals surface area contributed by atoms with Crippen molar-refractivity contribution in [2.45, 2.75) is 13.2 Å². The van der Waals surface area contributed by atoms with Crippen molar-refractivity contribution in [3.8, 4) is 17.2 Å². The fraction of sp³-hybridized carbons (Fsp3) is 0.103. The van der Waals surface area contributed by atoms with E-state index in [1.165, 1.54) is 13.3 Å². The number of carbonyl (C=O) groups excluding carboxylic acids is 1. The van der Waals surface area contributed by atoms with Crippen LogP contribution >= 0.6 is 27.5 Å². The molecule has 0 spiro atoms. The molecule has 0 heterocycles. The molecule has 37 heavy (non-hydrogen) atoms. The van der Waals surface area contributed by atoms with Crippen LogP contribution in [0.1, 0.15) is 27.0 Å². The van der Waals surface area contributed by atoms with Gasteiger partial charge in [-0.1, -0.05) is 70.0 Å². The van der Waals surface area contributed by atoms with Crippen LogP contribution in [0.3, 0.4) is 0 Å². The largest absolute Gasteiger partial charge is 0.493 e. The number of carbonyl (C=O) groups is 1. The lowest BCUT2D eigenvalue weighted by Crippen LogP contribution is -2.17. The van der Waals surface area contributed by atoms with Crippen LogP contribution in [-0.4, -0.2) is 19.2 Å². The highest BCUT2D eigenvalue weighted by atomic mass is 79.9. The molecule has 0 fully saturated rings. The van der Waals surface area contributed by atoms with Gasteiger partial charge in [-0.2, -0.15) is 5.10 Å². The molecule has 0 aromatic heterocycles. The topological polar surface area (TPSA) is 69.2 Å². The van der Waals surface area contributed by atoms with Gasteiger partial charge >= 0.3 is 0 Å². The van der Waals surface area contributed by atoms with Gasteiger partial charge in [-0.15, -0.1) is 0 Å². The Bertz CT molecular complexity index is 1380. The summed E-state index contributed by atoms with van der Waals surface area (Å²) in [6.45, 7) is 0.791. The molecule has 0 aliphatic rings. The summed E-state index contributed by atoms with van der Waals surface area (Å²) in [5.74, 6) is 1.18. The quantitative estimate of drug-likeness (QED) is 0.162. The van der Waals surface area contributed by atoms with Crippen LogP contribution in [0.4, 0.5) is 0 Å². The molecule has 8 heteroatoms.